The molecule has 0 spiro atoms. The van der Waals surface area contributed by atoms with Crippen molar-refractivity contribution in [1.29, 1.82) is 0 Å². The Morgan fingerprint density at radius 2 is 1.94 bits per heavy atom. The summed E-state index contributed by atoms with van der Waals surface area (Å²) in [5, 5.41) is 3.28. The van der Waals surface area contributed by atoms with Gasteiger partial charge in [-0.25, -0.2) is 9.07 Å². The van der Waals surface area contributed by atoms with Crippen LogP contribution in [0.2, 0.25) is 0 Å². The van der Waals surface area contributed by atoms with Crippen molar-refractivity contribution in [2.24, 2.45) is 0 Å². The van der Waals surface area contributed by atoms with E-state index in [1.807, 2.05) is 0 Å². The molecule has 1 aromatic heterocycles. The molecule has 0 aliphatic heterocycles. The number of carbonyl (C=O) groups is 1. The second kappa shape index (κ2) is 4.25. The van der Waals surface area contributed by atoms with Crippen LogP contribution in [0.4, 0.5) is 17.6 Å². The van der Waals surface area contributed by atoms with Crippen LogP contribution in [-0.2, 0) is 6.18 Å². The van der Waals surface area contributed by atoms with Crippen molar-refractivity contribution in [2.75, 3.05) is 0 Å². The van der Waals surface area contributed by atoms with Crippen LogP contribution in [0.1, 0.15) is 16.1 Å². The highest BCUT2D eigenvalue weighted by molar-refractivity contribution is 5.75. The number of aldehydes is 1. The number of carbonyl (C=O) groups excluding carboxylic acids is 1. The van der Waals surface area contributed by atoms with Gasteiger partial charge in [0.25, 0.3) is 0 Å². The van der Waals surface area contributed by atoms with E-state index in [9.17, 15) is 22.4 Å². The van der Waals surface area contributed by atoms with E-state index in [4.69, 9.17) is 0 Å². The van der Waals surface area contributed by atoms with E-state index in [1.54, 1.807) is 0 Å². The largest absolute Gasteiger partial charge is 0.435 e. The minimum absolute atomic E-state index is 0.0223. The van der Waals surface area contributed by atoms with Crippen LogP contribution in [0.25, 0.3) is 5.69 Å². The first-order chi connectivity index (χ1) is 8.40. The zero-order valence-electron chi connectivity index (χ0n) is 8.78. The molecule has 1 aromatic carbocycles. The van der Waals surface area contributed by atoms with Crippen LogP contribution in [0.3, 0.4) is 0 Å². The maximum atomic E-state index is 13.1. The average molecular weight is 258 g/mol. The summed E-state index contributed by atoms with van der Waals surface area (Å²) in [6.07, 6.45) is -3.11. The van der Waals surface area contributed by atoms with Gasteiger partial charge < -0.3 is 0 Å². The smallest absolute Gasteiger partial charge is 0.298 e. The first-order valence-corrected chi connectivity index (χ1v) is 4.79. The van der Waals surface area contributed by atoms with E-state index in [2.05, 4.69) is 5.10 Å². The molecule has 18 heavy (non-hydrogen) atoms. The van der Waals surface area contributed by atoms with E-state index in [0.29, 0.717) is 6.29 Å². The van der Waals surface area contributed by atoms with Gasteiger partial charge in [0, 0.05) is 11.8 Å². The average Bonchev–Trinajstić information content (AvgIpc) is 2.77. The van der Waals surface area contributed by atoms with E-state index in [-0.39, 0.29) is 11.3 Å². The predicted octanol–water partition coefficient (Wildman–Crippen LogP) is 2.84. The molecule has 0 aliphatic rings. The van der Waals surface area contributed by atoms with Crippen LogP contribution < -0.4 is 0 Å². The molecule has 0 unspecified atom stereocenters. The van der Waals surface area contributed by atoms with Gasteiger partial charge >= 0.3 is 6.18 Å². The van der Waals surface area contributed by atoms with Crippen LogP contribution in [0, 0.1) is 5.82 Å². The molecule has 0 radical (unpaired) electrons. The summed E-state index contributed by atoms with van der Waals surface area (Å²) < 4.78 is 51.0. The summed E-state index contributed by atoms with van der Waals surface area (Å²) in [4.78, 5) is 10.5. The van der Waals surface area contributed by atoms with Crippen LogP contribution in [-0.4, -0.2) is 16.1 Å². The van der Waals surface area contributed by atoms with Crippen molar-refractivity contribution >= 4 is 6.29 Å². The SMILES string of the molecule is O=Cc1cc(F)cc(-n2ccc(C(F)(F)F)n2)c1. The lowest BCUT2D eigenvalue weighted by Crippen LogP contribution is -2.07. The number of rotatable bonds is 2. The molecular weight excluding hydrogens is 252 g/mol. The Labute approximate surface area is 98.6 Å². The lowest BCUT2D eigenvalue weighted by atomic mass is 10.2. The van der Waals surface area contributed by atoms with Crippen molar-refractivity contribution in [1.82, 2.24) is 9.78 Å². The third-order valence-electron chi connectivity index (χ3n) is 2.19. The van der Waals surface area contributed by atoms with Crippen LogP contribution >= 0.6 is 0 Å². The van der Waals surface area contributed by atoms with E-state index in [0.717, 1.165) is 29.1 Å². The normalized spacial score (nSPS) is 11.6. The fourth-order valence-corrected chi connectivity index (χ4v) is 1.42. The summed E-state index contributed by atoms with van der Waals surface area (Å²) in [5.41, 5.74) is -1.01. The summed E-state index contributed by atoms with van der Waals surface area (Å²) in [7, 11) is 0. The highest BCUT2D eigenvalue weighted by Crippen LogP contribution is 2.28. The number of nitrogens with zero attached hydrogens (tertiary/aromatic N) is 2. The number of benzene rings is 1. The van der Waals surface area contributed by atoms with Gasteiger partial charge in [-0.1, -0.05) is 0 Å². The molecule has 3 nitrogen and oxygen atoms in total. The van der Waals surface area contributed by atoms with Crippen LogP contribution in [0.15, 0.2) is 30.5 Å². The maximum Gasteiger partial charge on any atom is 0.435 e. The zero-order chi connectivity index (χ0) is 13.3. The molecule has 0 aliphatic carbocycles. The molecule has 1 heterocycles. The first-order valence-electron chi connectivity index (χ1n) is 4.79. The molecule has 2 aromatic rings. The van der Waals surface area contributed by atoms with E-state index >= 15 is 0 Å². The summed E-state index contributed by atoms with van der Waals surface area (Å²) in [6.45, 7) is 0. The Kier molecular flexibility index (Phi) is 2.90. The third kappa shape index (κ3) is 2.39. The highest BCUT2D eigenvalue weighted by atomic mass is 19.4. The molecule has 0 fully saturated rings. The Morgan fingerprint density at radius 3 is 2.50 bits per heavy atom. The Hall–Kier alpha value is -2.18. The van der Waals surface area contributed by atoms with Gasteiger partial charge in [-0.15, -0.1) is 0 Å². The number of aromatic nitrogens is 2. The van der Waals surface area contributed by atoms with E-state index < -0.39 is 17.7 Å². The van der Waals surface area contributed by atoms with Crippen molar-refractivity contribution in [3.63, 3.8) is 0 Å². The molecule has 0 saturated carbocycles. The number of alkyl halides is 3. The molecule has 0 atom stereocenters. The predicted molar refractivity (Wildman–Crippen MR) is 53.9 cm³/mol. The van der Waals surface area contributed by atoms with Gasteiger partial charge in [0.15, 0.2) is 5.69 Å². The fraction of sp³-hybridized carbons (Fsp3) is 0.0909. The van der Waals surface area contributed by atoms with Crippen molar-refractivity contribution < 1.29 is 22.4 Å². The van der Waals surface area contributed by atoms with Gasteiger partial charge in [0.2, 0.25) is 0 Å². The Morgan fingerprint density at radius 1 is 1.22 bits per heavy atom. The number of hydrogen-bond acceptors (Lipinski definition) is 2. The highest BCUT2D eigenvalue weighted by Gasteiger charge is 2.33. The second-order valence-electron chi connectivity index (χ2n) is 3.50. The summed E-state index contributed by atoms with van der Waals surface area (Å²) >= 11 is 0. The van der Waals surface area contributed by atoms with Gasteiger partial charge in [0.05, 0.1) is 5.69 Å². The van der Waals surface area contributed by atoms with Gasteiger partial charge in [-0.2, -0.15) is 18.3 Å². The van der Waals surface area contributed by atoms with Crippen LogP contribution in [0.5, 0.6) is 0 Å². The minimum atomic E-state index is -4.56. The van der Waals surface area contributed by atoms with Gasteiger partial charge in [-0.3, -0.25) is 4.79 Å². The summed E-state index contributed by atoms with van der Waals surface area (Å²) in [5.74, 6) is -0.723. The fourth-order valence-electron chi connectivity index (χ4n) is 1.42. The molecule has 2 rings (SSSR count). The summed E-state index contributed by atoms with van der Waals surface area (Å²) in [6, 6.07) is 3.97. The number of halogens is 4. The monoisotopic (exact) mass is 258 g/mol. The lowest BCUT2D eigenvalue weighted by Gasteiger charge is -2.04. The second-order valence-corrected chi connectivity index (χ2v) is 3.50. The zero-order valence-corrected chi connectivity index (χ0v) is 8.78. The molecule has 0 bridgehead atoms. The molecule has 94 valence electrons. The van der Waals surface area contributed by atoms with Crippen molar-refractivity contribution in [2.45, 2.75) is 6.18 Å². The van der Waals surface area contributed by atoms with Gasteiger partial charge in [-0.05, 0) is 24.3 Å². The minimum Gasteiger partial charge on any atom is -0.298 e. The third-order valence-corrected chi connectivity index (χ3v) is 2.19. The first kappa shape index (κ1) is 12.3. The molecular formula is C11H6F4N2O. The Bertz CT molecular complexity index is 589. The van der Waals surface area contributed by atoms with Crippen molar-refractivity contribution in [3.05, 3.63) is 47.5 Å². The Balaban J connectivity index is 2.46. The molecule has 0 N–H and O–H groups in total. The van der Waals surface area contributed by atoms with E-state index in [1.165, 1.54) is 6.07 Å². The molecule has 0 saturated heterocycles. The standard InChI is InChI=1S/C11H6F4N2O/c12-8-3-7(6-18)4-9(5-8)17-2-1-10(16-17)11(13,14)15/h1-6H. The number of hydrogen-bond donors (Lipinski definition) is 0. The topological polar surface area (TPSA) is 34.9 Å². The lowest BCUT2D eigenvalue weighted by molar-refractivity contribution is -0.141. The molecule has 0 amide bonds. The molecule has 7 heteroatoms. The quantitative estimate of drug-likeness (QED) is 0.613. The van der Waals surface area contributed by atoms with Crippen molar-refractivity contribution in [3.8, 4) is 5.69 Å². The van der Waals surface area contributed by atoms with Gasteiger partial charge in [0.1, 0.15) is 12.1 Å². The maximum absolute atomic E-state index is 13.1.